The minimum absolute atomic E-state index is 0.0328. The van der Waals surface area contributed by atoms with Crippen molar-refractivity contribution in [2.45, 2.75) is 95.4 Å². The Morgan fingerprint density at radius 2 is 1.57 bits per heavy atom. The van der Waals surface area contributed by atoms with Gasteiger partial charge in [0.05, 0.1) is 11.6 Å². The van der Waals surface area contributed by atoms with E-state index < -0.39 is 12.1 Å². The van der Waals surface area contributed by atoms with Crippen LogP contribution < -0.4 is 33.1 Å². The number of carbonyl (C=O) groups excluding carboxylic acids is 2. The molecular formula is C41H59N9O3. The number of aromatic nitrogens is 3. The number of imidazole rings is 1. The van der Waals surface area contributed by atoms with Crippen molar-refractivity contribution in [3.05, 3.63) is 101 Å². The molecule has 12 nitrogen and oxygen atoms in total. The summed E-state index contributed by atoms with van der Waals surface area (Å²) in [6.07, 6.45) is 7.13. The minimum atomic E-state index is -0.656. The lowest BCUT2D eigenvalue weighted by atomic mass is 9.99. The predicted molar refractivity (Wildman–Crippen MR) is 211 cm³/mol. The summed E-state index contributed by atoms with van der Waals surface area (Å²) in [7, 11) is 0. The zero-order chi connectivity index (χ0) is 37.6. The van der Waals surface area contributed by atoms with Crippen molar-refractivity contribution in [2.75, 3.05) is 32.7 Å². The first-order chi connectivity index (χ1) is 25.7. The Hall–Kier alpha value is -4.36. The van der Waals surface area contributed by atoms with E-state index in [0.717, 1.165) is 31.2 Å². The van der Waals surface area contributed by atoms with Crippen LogP contribution in [0.2, 0.25) is 0 Å². The zero-order valence-corrected chi connectivity index (χ0v) is 31.4. The molecule has 0 unspecified atom stereocenters. The van der Waals surface area contributed by atoms with Crippen LogP contribution in [0.15, 0.2) is 83.8 Å². The van der Waals surface area contributed by atoms with Gasteiger partial charge in [-0.2, -0.15) is 0 Å². The smallest absolute Gasteiger partial charge is 0.327 e. The van der Waals surface area contributed by atoms with Gasteiger partial charge < -0.3 is 32.3 Å². The molecule has 0 aliphatic carbocycles. The lowest BCUT2D eigenvalue weighted by Crippen LogP contribution is -2.56. The summed E-state index contributed by atoms with van der Waals surface area (Å²) in [5.74, 6) is 0.00414. The number of pyridine rings is 1. The molecule has 2 aromatic heterocycles. The molecule has 12 heteroatoms. The molecule has 1 fully saturated rings. The number of carbonyl (C=O) groups is 2. The molecular weight excluding hydrogens is 667 g/mol. The third-order valence-corrected chi connectivity index (χ3v) is 10.2. The average molecular weight is 726 g/mol. The lowest BCUT2D eigenvalue weighted by Gasteiger charge is -2.35. The third kappa shape index (κ3) is 11.8. The molecule has 4 atom stereocenters. The largest absolute Gasteiger partial charge is 0.343 e. The van der Waals surface area contributed by atoms with Gasteiger partial charge in [-0.25, -0.2) is 9.78 Å². The van der Waals surface area contributed by atoms with Crippen molar-refractivity contribution in [3.8, 4) is 0 Å². The fraction of sp³-hybridized carbons (Fsp3) is 0.512. The van der Waals surface area contributed by atoms with Crippen molar-refractivity contribution >= 4 is 23.0 Å². The van der Waals surface area contributed by atoms with Gasteiger partial charge in [-0.05, 0) is 87.1 Å². The Kier molecular flexibility index (Phi) is 15.2. The third-order valence-electron chi connectivity index (χ3n) is 10.2. The van der Waals surface area contributed by atoms with Crippen LogP contribution in [-0.2, 0) is 22.4 Å². The first-order valence-electron chi connectivity index (χ1n) is 19.4. The fourth-order valence-electron chi connectivity index (χ4n) is 7.37. The van der Waals surface area contributed by atoms with E-state index in [9.17, 15) is 14.4 Å². The second kappa shape index (κ2) is 20.2. The highest BCUT2D eigenvalue weighted by atomic mass is 16.2. The molecule has 286 valence electrons. The van der Waals surface area contributed by atoms with Gasteiger partial charge in [-0.3, -0.25) is 19.1 Å². The number of amides is 2. The molecule has 1 saturated heterocycles. The second-order valence-corrected chi connectivity index (χ2v) is 14.9. The van der Waals surface area contributed by atoms with E-state index in [1.165, 1.54) is 11.1 Å². The Labute approximate surface area is 313 Å². The summed E-state index contributed by atoms with van der Waals surface area (Å²) in [6.45, 7) is 6.92. The number of hydrogen-bond donors (Lipinski definition) is 6. The SMILES string of the molecule is CC(C)C[C@@H](NC[C@@H](Cc1ccccc1)NC[C@H](N)Cc1ccccc1)C(=O)N[C@H](CCCCN)C(=O)N1CCC(n2c(=O)[nH]c3ncccc32)CC1. The highest BCUT2D eigenvalue weighted by molar-refractivity contribution is 5.90. The van der Waals surface area contributed by atoms with Crippen LogP contribution in [0.25, 0.3) is 11.2 Å². The highest BCUT2D eigenvalue weighted by Gasteiger charge is 2.32. The monoisotopic (exact) mass is 725 g/mol. The first kappa shape index (κ1) is 39.8. The standard InChI is InChI=1S/C41H59N9O3/c1-29(2)24-36(46-28-33(26-31-14-7-4-8-15-31)45-27-32(43)25-30-12-5-3-6-13-30)39(51)47-35(16-9-10-20-42)40(52)49-22-18-34(19-23-49)50-37-17-11-21-44-38(37)48-41(50)53/h3-8,11-15,17,21,29,32-36,45-46H,9-10,16,18-20,22-28,42-43H2,1-2H3,(H,47,51)(H,44,48,53)/t32-,33-,35-,36-/m1/s1. The van der Waals surface area contributed by atoms with Crippen LogP contribution in [0, 0.1) is 5.92 Å². The van der Waals surface area contributed by atoms with Crippen LogP contribution in [0.3, 0.4) is 0 Å². The topological polar surface area (TPSA) is 176 Å². The number of H-pyrrole nitrogens is 1. The van der Waals surface area contributed by atoms with Gasteiger partial charge in [0, 0.05) is 50.5 Å². The molecule has 1 aliphatic rings. The van der Waals surface area contributed by atoms with Crippen LogP contribution in [-0.4, -0.2) is 88.1 Å². The van der Waals surface area contributed by atoms with Crippen molar-refractivity contribution in [3.63, 3.8) is 0 Å². The van der Waals surface area contributed by atoms with Crippen LogP contribution in [0.4, 0.5) is 0 Å². The maximum atomic E-state index is 14.1. The number of benzene rings is 2. The fourth-order valence-corrected chi connectivity index (χ4v) is 7.37. The normalized spacial score (nSPS) is 16.1. The molecule has 5 rings (SSSR count). The van der Waals surface area contributed by atoms with Crippen LogP contribution in [0.5, 0.6) is 0 Å². The highest BCUT2D eigenvalue weighted by Crippen LogP contribution is 2.25. The van der Waals surface area contributed by atoms with E-state index in [0.29, 0.717) is 64.1 Å². The van der Waals surface area contributed by atoms with E-state index in [4.69, 9.17) is 11.5 Å². The van der Waals surface area contributed by atoms with E-state index in [1.807, 2.05) is 53.4 Å². The quantitative estimate of drug-likeness (QED) is 0.0753. The molecule has 4 aromatic rings. The van der Waals surface area contributed by atoms with E-state index in [1.54, 1.807) is 10.8 Å². The molecule has 3 heterocycles. The number of nitrogens with zero attached hydrogens (tertiary/aromatic N) is 3. The molecule has 1 aliphatic heterocycles. The molecule has 0 radical (unpaired) electrons. The van der Waals surface area contributed by atoms with Gasteiger partial charge in [0.2, 0.25) is 11.8 Å². The number of unbranched alkanes of at least 4 members (excludes halogenated alkanes) is 1. The first-order valence-corrected chi connectivity index (χ1v) is 19.4. The van der Waals surface area contributed by atoms with Gasteiger partial charge >= 0.3 is 5.69 Å². The van der Waals surface area contributed by atoms with E-state index >= 15 is 0 Å². The Bertz CT molecular complexity index is 1750. The number of likely N-dealkylation sites (tertiary alicyclic amines) is 1. The molecule has 2 amide bonds. The van der Waals surface area contributed by atoms with Gasteiger partial charge in [-0.15, -0.1) is 0 Å². The number of hydrogen-bond acceptors (Lipinski definition) is 8. The number of piperidine rings is 1. The molecule has 0 saturated carbocycles. The minimum Gasteiger partial charge on any atom is -0.343 e. The lowest BCUT2D eigenvalue weighted by molar-refractivity contribution is -0.138. The Balaban J connectivity index is 1.22. The van der Waals surface area contributed by atoms with Gasteiger partial charge in [-0.1, -0.05) is 74.5 Å². The number of nitrogens with two attached hydrogens (primary N) is 2. The van der Waals surface area contributed by atoms with Crippen molar-refractivity contribution in [1.82, 2.24) is 35.4 Å². The summed E-state index contributed by atoms with van der Waals surface area (Å²) < 4.78 is 1.77. The Morgan fingerprint density at radius 3 is 2.23 bits per heavy atom. The molecule has 8 N–H and O–H groups in total. The maximum Gasteiger partial charge on any atom is 0.327 e. The number of nitrogens with one attached hydrogen (secondary N) is 4. The van der Waals surface area contributed by atoms with Crippen molar-refractivity contribution in [2.24, 2.45) is 17.4 Å². The predicted octanol–water partition coefficient (Wildman–Crippen LogP) is 3.28. The van der Waals surface area contributed by atoms with Gasteiger partial charge in [0.1, 0.15) is 6.04 Å². The summed E-state index contributed by atoms with van der Waals surface area (Å²) >= 11 is 0. The maximum absolute atomic E-state index is 14.1. The van der Waals surface area contributed by atoms with Crippen molar-refractivity contribution < 1.29 is 9.59 Å². The summed E-state index contributed by atoms with van der Waals surface area (Å²) in [4.78, 5) is 49.9. The van der Waals surface area contributed by atoms with Gasteiger partial charge in [0.15, 0.2) is 5.65 Å². The molecule has 53 heavy (non-hydrogen) atoms. The number of aromatic amines is 1. The number of fused-ring (bicyclic) bond motifs is 1. The molecule has 0 spiro atoms. The second-order valence-electron chi connectivity index (χ2n) is 14.9. The molecule has 0 bridgehead atoms. The van der Waals surface area contributed by atoms with Crippen LogP contribution in [0.1, 0.15) is 69.5 Å². The molecule has 2 aromatic carbocycles. The van der Waals surface area contributed by atoms with Crippen molar-refractivity contribution in [1.29, 1.82) is 0 Å². The summed E-state index contributed by atoms with van der Waals surface area (Å²) in [5.41, 5.74) is 15.9. The average Bonchev–Trinajstić information content (AvgIpc) is 3.50. The van der Waals surface area contributed by atoms with Gasteiger partial charge in [0.25, 0.3) is 0 Å². The number of rotatable bonds is 20. The van der Waals surface area contributed by atoms with E-state index in [-0.39, 0.29) is 41.5 Å². The summed E-state index contributed by atoms with van der Waals surface area (Å²) in [6, 6.07) is 23.1. The van der Waals surface area contributed by atoms with Crippen LogP contribution >= 0.6 is 0 Å². The summed E-state index contributed by atoms with van der Waals surface area (Å²) in [5, 5.41) is 10.4. The van der Waals surface area contributed by atoms with E-state index in [2.05, 4.69) is 64.0 Å². The Morgan fingerprint density at radius 1 is 0.887 bits per heavy atom. The zero-order valence-electron chi connectivity index (χ0n) is 31.4.